The SMILES string of the molecule is CCC(Sc1cccc(NC(=O)/C(=C\c2ccc([N+](=O)[O-])cc2)NC(=O)c2ccccc2)c1)C(=O)Nc1ccc2c(c1)c1ccccc1n2CC. The molecular weight excluding hydrogens is 663 g/mol. The standard InChI is InChI=1S/C40H35N5O5S/c1-3-37(40(48)42-29-19-22-36-33(25-29)32-15-8-9-16-35(32)44(36)4-2)51-31-14-10-13-28(24-31)41-39(47)34(43-38(46)27-11-6-5-7-12-27)23-26-17-20-30(21-18-26)45(49)50/h5-25,37H,3-4H2,1-2H3,(H,41,47)(H,42,48)(H,43,46)/b34-23+. The first-order chi connectivity index (χ1) is 24.7. The number of fused-ring (bicyclic) bond motifs is 3. The van der Waals surface area contributed by atoms with Gasteiger partial charge in [0.1, 0.15) is 5.70 Å². The van der Waals surface area contributed by atoms with Crippen LogP contribution in [0, 0.1) is 10.1 Å². The number of hydrogen-bond donors (Lipinski definition) is 3. The highest BCUT2D eigenvalue weighted by molar-refractivity contribution is 8.00. The van der Waals surface area contributed by atoms with Crippen molar-refractivity contribution in [1.82, 2.24) is 9.88 Å². The molecule has 5 aromatic carbocycles. The highest BCUT2D eigenvalue weighted by Gasteiger charge is 2.20. The number of thioether (sulfide) groups is 1. The maximum atomic E-state index is 13.6. The Hall–Kier alpha value is -6.20. The first kappa shape index (κ1) is 34.7. The fourth-order valence-electron chi connectivity index (χ4n) is 5.83. The lowest BCUT2D eigenvalue weighted by molar-refractivity contribution is -0.384. The molecule has 11 heteroatoms. The first-order valence-electron chi connectivity index (χ1n) is 16.5. The van der Waals surface area contributed by atoms with Crippen LogP contribution in [0.4, 0.5) is 17.1 Å². The van der Waals surface area contributed by atoms with Gasteiger partial charge in [-0.1, -0.05) is 49.4 Å². The third kappa shape index (κ3) is 8.00. The molecule has 0 saturated heterocycles. The zero-order valence-electron chi connectivity index (χ0n) is 28.0. The summed E-state index contributed by atoms with van der Waals surface area (Å²) in [6.45, 7) is 4.90. The second-order valence-electron chi connectivity index (χ2n) is 11.7. The molecule has 256 valence electrons. The number of para-hydroxylation sites is 1. The van der Waals surface area contributed by atoms with Crippen LogP contribution < -0.4 is 16.0 Å². The summed E-state index contributed by atoms with van der Waals surface area (Å²) in [5.74, 6) is -1.22. The first-order valence-corrected chi connectivity index (χ1v) is 17.3. The minimum absolute atomic E-state index is 0.0550. The number of nitro groups is 1. The van der Waals surface area contributed by atoms with Crippen molar-refractivity contribution in [1.29, 1.82) is 0 Å². The van der Waals surface area contributed by atoms with E-state index in [-0.39, 0.29) is 17.3 Å². The Balaban J connectivity index is 1.18. The smallest absolute Gasteiger partial charge is 0.272 e. The maximum absolute atomic E-state index is 13.6. The van der Waals surface area contributed by atoms with Crippen LogP contribution in [0.5, 0.6) is 0 Å². The predicted octanol–water partition coefficient (Wildman–Crippen LogP) is 8.64. The molecule has 10 nitrogen and oxygen atoms in total. The van der Waals surface area contributed by atoms with E-state index in [2.05, 4.69) is 39.6 Å². The largest absolute Gasteiger partial charge is 0.341 e. The fourth-order valence-corrected chi connectivity index (χ4v) is 6.84. The van der Waals surface area contributed by atoms with Crippen LogP contribution in [0.15, 0.2) is 132 Å². The minimum Gasteiger partial charge on any atom is -0.341 e. The lowest BCUT2D eigenvalue weighted by Crippen LogP contribution is -2.30. The molecular formula is C40H35N5O5S. The topological polar surface area (TPSA) is 135 Å². The Labute approximate surface area is 298 Å². The zero-order chi connectivity index (χ0) is 35.9. The van der Waals surface area contributed by atoms with Crippen LogP contribution in [0.1, 0.15) is 36.2 Å². The highest BCUT2D eigenvalue weighted by atomic mass is 32.2. The minimum atomic E-state index is -0.593. The summed E-state index contributed by atoms with van der Waals surface area (Å²) in [7, 11) is 0. The summed E-state index contributed by atoms with van der Waals surface area (Å²) in [6.07, 6.45) is 2.02. The van der Waals surface area contributed by atoms with Gasteiger partial charge in [-0.15, -0.1) is 11.8 Å². The highest BCUT2D eigenvalue weighted by Crippen LogP contribution is 2.32. The van der Waals surface area contributed by atoms with E-state index in [1.54, 1.807) is 48.5 Å². The van der Waals surface area contributed by atoms with Crippen molar-refractivity contribution in [2.75, 3.05) is 10.6 Å². The number of anilines is 2. The second-order valence-corrected chi connectivity index (χ2v) is 13.0. The summed E-state index contributed by atoms with van der Waals surface area (Å²) < 4.78 is 2.26. The average molecular weight is 698 g/mol. The zero-order valence-corrected chi connectivity index (χ0v) is 28.8. The summed E-state index contributed by atoms with van der Waals surface area (Å²) >= 11 is 1.39. The van der Waals surface area contributed by atoms with E-state index in [0.717, 1.165) is 38.9 Å². The van der Waals surface area contributed by atoms with Crippen molar-refractivity contribution in [2.24, 2.45) is 0 Å². The molecule has 0 spiro atoms. The molecule has 1 unspecified atom stereocenters. The van der Waals surface area contributed by atoms with Crippen molar-refractivity contribution >= 4 is 74.4 Å². The number of hydrogen-bond acceptors (Lipinski definition) is 6. The number of rotatable bonds is 12. The summed E-state index contributed by atoms with van der Waals surface area (Å²) in [5, 5.41) is 21.5. The summed E-state index contributed by atoms with van der Waals surface area (Å²) in [5.41, 5.74) is 4.13. The van der Waals surface area contributed by atoms with Gasteiger partial charge in [-0.25, -0.2) is 0 Å². The van der Waals surface area contributed by atoms with E-state index in [1.165, 1.54) is 42.1 Å². The van der Waals surface area contributed by atoms with Crippen molar-refractivity contribution in [3.63, 3.8) is 0 Å². The molecule has 3 N–H and O–H groups in total. The number of nitrogens with zero attached hydrogens (tertiary/aromatic N) is 2. The molecule has 1 aromatic heterocycles. The summed E-state index contributed by atoms with van der Waals surface area (Å²) in [6, 6.07) is 35.5. The summed E-state index contributed by atoms with van der Waals surface area (Å²) in [4.78, 5) is 51.5. The molecule has 51 heavy (non-hydrogen) atoms. The van der Waals surface area contributed by atoms with Crippen molar-refractivity contribution in [2.45, 2.75) is 37.0 Å². The Kier molecular flexibility index (Phi) is 10.6. The number of amides is 3. The quantitative estimate of drug-likeness (QED) is 0.0507. The van der Waals surface area contributed by atoms with Crippen LogP contribution >= 0.6 is 11.8 Å². The van der Waals surface area contributed by atoms with Crippen LogP contribution in [-0.2, 0) is 16.1 Å². The number of aromatic nitrogens is 1. The monoisotopic (exact) mass is 697 g/mol. The molecule has 0 fully saturated rings. The lowest BCUT2D eigenvalue weighted by Gasteiger charge is -2.16. The molecule has 0 aliphatic rings. The number of non-ortho nitro benzene ring substituents is 1. The van der Waals surface area contributed by atoms with Gasteiger partial charge in [-0.05, 0) is 91.7 Å². The number of aryl methyl sites for hydroxylation is 1. The molecule has 1 heterocycles. The molecule has 6 aromatic rings. The van der Waals surface area contributed by atoms with Crippen molar-refractivity contribution in [3.05, 3.63) is 148 Å². The Morgan fingerprint density at radius 1 is 0.784 bits per heavy atom. The van der Waals surface area contributed by atoms with Gasteiger partial charge in [0.05, 0.1) is 10.2 Å². The fraction of sp³-hybridized carbons (Fsp3) is 0.125. The van der Waals surface area contributed by atoms with E-state index in [9.17, 15) is 24.5 Å². The van der Waals surface area contributed by atoms with Gasteiger partial charge in [-0.2, -0.15) is 0 Å². The van der Waals surface area contributed by atoms with Crippen molar-refractivity contribution in [3.8, 4) is 0 Å². The molecule has 3 amide bonds. The second kappa shape index (κ2) is 15.6. The molecule has 0 radical (unpaired) electrons. The van der Waals surface area contributed by atoms with Gasteiger partial charge in [-0.3, -0.25) is 24.5 Å². The third-order valence-corrected chi connectivity index (χ3v) is 9.69. The molecule has 0 aliphatic carbocycles. The van der Waals surface area contributed by atoms with Gasteiger partial charge < -0.3 is 20.5 Å². The molecule has 0 aliphatic heterocycles. The van der Waals surface area contributed by atoms with E-state index in [4.69, 9.17) is 0 Å². The number of nitro benzene ring substituents is 1. The van der Waals surface area contributed by atoms with Gasteiger partial charge in [0, 0.05) is 62.3 Å². The van der Waals surface area contributed by atoms with E-state index in [0.29, 0.717) is 23.2 Å². The van der Waals surface area contributed by atoms with Crippen LogP contribution in [0.3, 0.4) is 0 Å². The Morgan fingerprint density at radius 3 is 2.22 bits per heavy atom. The molecule has 0 saturated carbocycles. The van der Waals surface area contributed by atoms with Crippen LogP contribution in [0.25, 0.3) is 27.9 Å². The van der Waals surface area contributed by atoms with E-state index in [1.807, 2.05) is 43.3 Å². The van der Waals surface area contributed by atoms with Gasteiger partial charge in [0.15, 0.2) is 0 Å². The third-order valence-electron chi connectivity index (χ3n) is 8.33. The number of carbonyl (C=O) groups is 3. The van der Waals surface area contributed by atoms with Crippen LogP contribution in [-0.4, -0.2) is 32.5 Å². The van der Waals surface area contributed by atoms with E-state index < -0.39 is 22.0 Å². The normalized spacial score (nSPS) is 12.0. The Morgan fingerprint density at radius 2 is 1.49 bits per heavy atom. The molecule has 1 atom stereocenters. The van der Waals surface area contributed by atoms with Gasteiger partial charge >= 0.3 is 0 Å². The number of carbonyl (C=O) groups excluding carboxylic acids is 3. The average Bonchev–Trinajstić information content (AvgIpc) is 3.47. The predicted molar refractivity (Wildman–Crippen MR) is 204 cm³/mol. The maximum Gasteiger partial charge on any atom is 0.272 e. The van der Waals surface area contributed by atoms with Crippen LogP contribution in [0.2, 0.25) is 0 Å². The molecule has 6 rings (SSSR count). The Bertz CT molecular complexity index is 2280. The number of nitrogens with one attached hydrogen (secondary N) is 3. The van der Waals surface area contributed by atoms with Crippen molar-refractivity contribution < 1.29 is 19.3 Å². The molecule has 0 bridgehead atoms. The lowest BCUT2D eigenvalue weighted by atomic mass is 10.1. The van der Waals surface area contributed by atoms with Gasteiger partial charge in [0.2, 0.25) is 5.91 Å². The van der Waals surface area contributed by atoms with E-state index >= 15 is 0 Å². The van der Waals surface area contributed by atoms with Gasteiger partial charge in [0.25, 0.3) is 17.5 Å². The number of benzene rings is 5.